The maximum atomic E-state index is 2.59. The number of benzene rings is 13. The Morgan fingerprint density at radius 3 is 1.35 bits per heavy atom. The SMILES string of the molecule is CC1(C)c2ccccc2-c2cccc(-c3ccc(N(c4ccc5c6ccccc6c6ccccc6c5c4)c4cc5c(cc4-c4cccc6ccccc46)-c4ccccc4C54c5ccccc5-c5ccccc54)cc3)c21. The van der Waals surface area contributed by atoms with Crippen LogP contribution < -0.4 is 4.90 Å². The highest BCUT2D eigenvalue weighted by atomic mass is 15.1. The zero-order valence-corrected chi connectivity index (χ0v) is 41.8. The van der Waals surface area contributed by atoms with E-state index in [9.17, 15) is 0 Å². The van der Waals surface area contributed by atoms with E-state index in [1.54, 1.807) is 0 Å². The topological polar surface area (TPSA) is 3.24 Å². The van der Waals surface area contributed by atoms with Gasteiger partial charge in [0, 0.05) is 22.4 Å². The van der Waals surface area contributed by atoms with Crippen molar-refractivity contribution in [2.45, 2.75) is 24.7 Å². The van der Waals surface area contributed by atoms with Gasteiger partial charge in [-0.2, -0.15) is 0 Å². The average molecular weight is 952 g/mol. The molecule has 3 aliphatic carbocycles. The number of fused-ring (bicyclic) bond motifs is 20. The molecule has 0 radical (unpaired) electrons. The first-order valence-corrected chi connectivity index (χ1v) is 26.4. The predicted molar refractivity (Wildman–Crippen MR) is 316 cm³/mol. The lowest BCUT2D eigenvalue weighted by atomic mass is 9.70. The van der Waals surface area contributed by atoms with Crippen LogP contribution in [0.4, 0.5) is 17.1 Å². The smallest absolute Gasteiger partial charge is 0.0726 e. The van der Waals surface area contributed by atoms with Crippen LogP contribution in [0.1, 0.15) is 47.2 Å². The van der Waals surface area contributed by atoms with Crippen molar-refractivity contribution in [3.05, 3.63) is 294 Å². The quantitative estimate of drug-likeness (QED) is 0.155. The van der Waals surface area contributed by atoms with Crippen LogP contribution >= 0.6 is 0 Å². The molecule has 0 unspecified atom stereocenters. The summed E-state index contributed by atoms with van der Waals surface area (Å²) in [6.07, 6.45) is 0. The molecule has 0 saturated heterocycles. The zero-order chi connectivity index (χ0) is 49.6. The van der Waals surface area contributed by atoms with Gasteiger partial charge in [-0.3, -0.25) is 0 Å². The first kappa shape index (κ1) is 42.2. The van der Waals surface area contributed by atoms with Gasteiger partial charge in [0.1, 0.15) is 0 Å². The van der Waals surface area contributed by atoms with Crippen molar-refractivity contribution < 1.29 is 0 Å². The Morgan fingerprint density at radius 1 is 0.267 bits per heavy atom. The second kappa shape index (κ2) is 15.6. The van der Waals surface area contributed by atoms with Crippen molar-refractivity contribution in [2.75, 3.05) is 4.90 Å². The van der Waals surface area contributed by atoms with Gasteiger partial charge in [-0.25, -0.2) is 0 Å². The second-order valence-electron chi connectivity index (χ2n) is 21.4. The van der Waals surface area contributed by atoms with E-state index < -0.39 is 5.41 Å². The molecule has 13 aromatic rings. The molecule has 0 atom stereocenters. The van der Waals surface area contributed by atoms with E-state index in [0.717, 1.165) is 17.1 Å². The Hall–Kier alpha value is -9.30. The lowest BCUT2D eigenvalue weighted by Gasteiger charge is -2.33. The van der Waals surface area contributed by atoms with Gasteiger partial charge in [0.2, 0.25) is 0 Å². The minimum Gasteiger partial charge on any atom is -0.310 e. The van der Waals surface area contributed by atoms with Gasteiger partial charge < -0.3 is 4.90 Å². The van der Waals surface area contributed by atoms with Gasteiger partial charge in [-0.1, -0.05) is 238 Å². The Morgan fingerprint density at radius 2 is 0.707 bits per heavy atom. The highest BCUT2D eigenvalue weighted by molar-refractivity contribution is 6.26. The summed E-state index contributed by atoms with van der Waals surface area (Å²) in [6.45, 7) is 4.78. The first-order valence-electron chi connectivity index (χ1n) is 26.4. The van der Waals surface area contributed by atoms with Crippen LogP contribution in [-0.2, 0) is 10.8 Å². The number of nitrogens with zero attached hydrogens (tertiary/aromatic N) is 1. The molecule has 0 fully saturated rings. The molecule has 16 rings (SSSR count). The second-order valence-corrected chi connectivity index (χ2v) is 21.4. The molecule has 75 heavy (non-hydrogen) atoms. The van der Waals surface area contributed by atoms with Gasteiger partial charge in [-0.05, 0) is 163 Å². The molecule has 0 aromatic heterocycles. The fourth-order valence-electron chi connectivity index (χ4n) is 14.3. The highest BCUT2D eigenvalue weighted by Crippen LogP contribution is 2.64. The van der Waals surface area contributed by atoms with Crippen LogP contribution in [0.2, 0.25) is 0 Å². The molecular weight excluding hydrogens is 903 g/mol. The molecule has 0 amide bonds. The number of hydrogen-bond donors (Lipinski definition) is 0. The van der Waals surface area contributed by atoms with Crippen molar-refractivity contribution in [1.82, 2.24) is 0 Å². The van der Waals surface area contributed by atoms with Crippen LogP contribution in [0, 0.1) is 0 Å². The summed E-state index contributed by atoms with van der Waals surface area (Å²) in [7, 11) is 0. The third-order valence-corrected chi connectivity index (χ3v) is 17.4. The number of rotatable bonds is 5. The third-order valence-electron chi connectivity index (χ3n) is 17.4. The van der Waals surface area contributed by atoms with Crippen molar-refractivity contribution in [3.63, 3.8) is 0 Å². The van der Waals surface area contributed by atoms with E-state index in [-0.39, 0.29) is 5.41 Å². The molecule has 350 valence electrons. The van der Waals surface area contributed by atoms with Crippen molar-refractivity contribution in [2.24, 2.45) is 0 Å². The molecule has 0 heterocycles. The van der Waals surface area contributed by atoms with E-state index in [0.29, 0.717) is 0 Å². The highest BCUT2D eigenvalue weighted by Gasteiger charge is 2.52. The van der Waals surface area contributed by atoms with Gasteiger partial charge in [0.05, 0.1) is 11.1 Å². The molecule has 0 saturated carbocycles. The van der Waals surface area contributed by atoms with Gasteiger partial charge in [0.15, 0.2) is 0 Å². The lowest BCUT2D eigenvalue weighted by molar-refractivity contribution is 0.662. The minimum atomic E-state index is -0.531. The van der Waals surface area contributed by atoms with E-state index in [4.69, 9.17) is 0 Å². The first-order chi connectivity index (χ1) is 37.0. The molecule has 0 bridgehead atoms. The predicted octanol–water partition coefficient (Wildman–Crippen LogP) is 19.8. The summed E-state index contributed by atoms with van der Waals surface area (Å²) in [4.78, 5) is 2.57. The summed E-state index contributed by atoms with van der Waals surface area (Å²) in [5, 5.41) is 9.99. The van der Waals surface area contributed by atoms with Crippen molar-refractivity contribution in [3.8, 4) is 55.6 Å². The fourth-order valence-corrected chi connectivity index (χ4v) is 14.3. The molecule has 1 heteroatoms. The molecule has 13 aromatic carbocycles. The summed E-state index contributed by atoms with van der Waals surface area (Å²) in [6, 6.07) is 98.7. The number of hydrogen-bond acceptors (Lipinski definition) is 1. The van der Waals surface area contributed by atoms with Crippen molar-refractivity contribution in [1.29, 1.82) is 0 Å². The molecule has 1 nitrogen and oxygen atoms in total. The molecule has 0 N–H and O–H groups in total. The Balaban J connectivity index is 1.01. The monoisotopic (exact) mass is 951 g/mol. The molecule has 1 spiro atoms. The molecule has 3 aliphatic rings. The van der Waals surface area contributed by atoms with Crippen molar-refractivity contribution >= 4 is 60.2 Å². The third kappa shape index (κ3) is 5.73. The van der Waals surface area contributed by atoms with E-state index in [1.807, 2.05) is 0 Å². The maximum absolute atomic E-state index is 2.59. The average Bonchev–Trinajstić information content (AvgIpc) is 4.05. The summed E-state index contributed by atoms with van der Waals surface area (Å²) >= 11 is 0. The van der Waals surface area contributed by atoms with Gasteiger partial charge in [0.25, 0.3) is 0 Å². The van der Waals surface area contributed by atoms with E-state index in [1.165, 1.54) is 132 Å². The van der Waals surface area contributed by atoms with Gasteiger partial charge >= 0.3 is 0 Å². The normalized spacial score (nSPS) is 13.9. The summed E-state index contributed by atoms with van der Waals surface area (Å²) in [5.74, 6) is 0. The van der Waals surface area contributed by atoms with Crippen LogP contribution in [-0.4, -0.2) is 0 Å². The van der Waals surface area contributed by atoms with Crippen LogP contribution in [0.25, 0.3) is 98.7 Å². The summed E-state index contributed by atoms with van der Waals surface area (Å²) < 4.78 is 0. The molecule has 0 aliphatic heterocycles. The lowest BCUT2D eigenvalue weighted by Crippen LogP contribution is -2.26. The summed E-state index contributed by atoms with van der Waals surface area (Å²) in [5.41, 5.74) is 23.5. The molecular formula is C74H49N. The maximum Gasteiger partial charge on any atom is 0.0726 e. The van der Waals surface area contributed by atoms with Gasteiger partial charge in [-0.15, -0.1) is 0 Å². The van der Waals surface area contributed by atoms with Crippen LogP contribution in [0.3, 0.4) is 0 Å². The minimum absolute atomic E-state index is 0.145. The van der Waals surface area contributed by atoms with E-state index >= 15 is 0 Å². The largest absolute Gasteiger partial charge is 0.310 e. The Kier molecular flexibility index (Phi) is 8.79. The van der Waals surface area contributed by atoms with E-state index in [2.05, 4.69) is 280 Å². The van der Waals surface area contributed by atoms with Crippen LogP contribution in [0.5, 0.6) is 0 Å². The van der Waals surface area contributed by atoms with Crippen LogP contribution in [0.15, 0.2) is 261 Å². The zero-order valence-electron chi connectivity index (χ0n) is 41.8. The Labute approximate surface area is 437 Å². The standard InChI is InChI=1S/C74H49N/c1-73(2)66-33-13-9-28-60(66)62-32-18-30-51(72(62)73)47-37-39-48(40-38-47)75(49-41-42-57-55-24-6-5-22-53(55)54-23-7-8-25-56(54)63(57)43-49)71-45-70-64(44-65(71)52-31-17-20-46-19-3-4-21-50(46)52)61-29-12-16-36-69(61)74(70)67-34-14-10-26-58(67)59-27-11-15-35-68(59)74/h3-45H,1-2H3. The fraction of sp³-hybridized carbons (Fsp3) is 0.0541. The Bertz CT molecular complexity index is 4480. The number of anilines is 3.